The SMILES string of the molecule is COc1ccc(COCc2cc(C(CCC#C[Si](C)(C)C)C(C)C(=O)OC(C)(C)C)ccc2C)cc1. The second kappa shape index (κ2) is 13.1. The summed E-state index contributed by atoms with van der Waals surface area (Å²) in [6, 6.07) is 14.4. The van der Waals surface area contributed by atoms with E-state index in [2.05, 4.69) is 56.2 Å². The van der Waals surface area contributed by atoms with Crippen LogP contribution < -0.4 is 4.74 Å². The van der Waals surface area contributed by atoms with Crippen LogP contribution in [0.3, 0.4) is 0 Å². The number of esters is 1. The van der Waals surface area contributed by atoms with Crippen molar-refractivity contribution in [1.29, 1.82) is 0 Å². The number of rotatable bonds is 10. The van der Waals surface area contributed by atoms with E-state index < -0.39 is 13.7 Å². The Morgan fingerprint density at radius 1 is 1.03 bits per heavy atom. The zero-order valence-corrected chi connectivity index (χ0v) is 24.7. The third-order valence-electron chi connectivity index (χ3n) is 5.91. The Bertz CT molecular complexity index is 1050. The molecule has 0 radical (unpaired) electrons. The lowest BCUT2D eigenvalue weighted by Gasteiger charge is -2.27. The molecule has 0 saturated carbocycles. The lowest BCUT2D eigenvalue weighted by molar-refractivity contribution is -0.160. The Morgan fingerprint density at radius 3 is 2.28 bits per heavy atom. The molecule has 0 spiro atoms. The highest BCUT2D eigenvalue weighted by Gasteiger charge is 2.29. The van der Waals surface area contributed by atoms with E-state index in [1.54, 1.807) is 7.11 Å². The van der Waals surface area contributed by atoms with Crippen molar-refractivity contribution in [3.05, 3.63) is 64.7 Å². The minimum Gasteiger partial charge on any atom is -0.497 e. The summed E-state index contributed by atoms with van der Waals surface area (Å²) in [7, 11) is 0.233. The first-order chi connectivity index (χ1) is 16.8. The maximum absolute atomic E-state index is 13.0. The van der Waals surface area contributed by atoms with E-state index in [9.17, 15) is 4.79 Å². The lowest BCUT2D eigenvalue weighted by atomic mass is 9.82. The van der Waals surface area contributed by atoms with Crippen LogP contribution in [-0.4, -0.2) is 26.8 Å². The molecule has 0 heterocycles. The molecule has 0 saturated heterocycles. The van der Waals surface area contributed by atoms with Crippen LogP contribution in [0.5, 0.6) is 5.75 Å². The van der Waals surface area contributed by atoms with Gasteiger partial charge in [0.2, 0.25) is 0 Å². The van der Waals surface area contributed by atoms with Crippen LogP contribution >= 0.6 is 0 Å². The molecule has 5 heteroatoms. The van der Waals surface area contributed by atoms with Crippen LogP contribution in [0.1, 0.15) is 68.7 Å². The van der Waals surface area contributed by atoms with Gasteiger partial charge in [-0.05, 0) is 74.4 Å². The van der Waals surface area contributed by atoms with Gasteiger partial charge in [-0.3, -0.25) is 4.79 Å². The van der Waals surface area contributed by atoms with Crippen LogP contribution in [-0.2, 0) is 27.5 Å². The summed E-state index contributed by atoms with van der Waals surface area (Å²) in [6.45, 7) is 17.6. The Labute approximate surface area is 219 Å². The highest BCUT2D eigenvalue weighted by atomic mass is 28.3. The number of hydrogen-bond donors (Lipinski definition) is 0. The number of ether oxygens (including phenoxy) is 3. The van der Waals surface area contributed by atoms with E-state index in [4.69, 9.17) is 14.2 Å². The van der Waals surface area contributed by atoms with Gasteiger partial charge in [-0.1, -0.05) is 56.9 Å². The minimum absolute atomic E-state index is 0.0247. The van der Waals surface area contributed by atoms with E-state index in [1.807, 2.05) is 52.0 Å². The predicted octanol–water partition coefficient (Wildman–Crippen LogP) is 7.44. The van der Waals surface area contributed by atoms with E-state index >= 15 is 0 Å². The average Bonchev–Trinajstić information content (AvgIpc) is 2.79. The van der Waals surface area contributed by atoms with E-state index in [1.165, 1.54) is 5.56 Å². The molecule has 196 valence electrons. The largest absolute Gasteiger partial charge is 0.497 e. The summed E-state index contributed by atoms with van der Waals surface area (Å²) >= 11 is 0. The molecule has 0 bridgehead atoms. The highest BCUT2D eigenvalue weighted by molar-refractivity contribution is 6.83. The first-order valence-electron chi connectivity index (χ1n) is 12.8. The average molecular weight is 509 g/mol. The molecule has 2 aromatic carbocycles. The molecule has 2 unspecified atom stereocenters. The smallest absolute Gasteiger partial charge is 0.309 e. The lowest BCUT2D eigenvalue weighted by Crippen LogP contribution is -2.30. The van der Waals surface area contributed by atoms with Gasteiger partial charge >= 0.3 is 5.97 Å². The topological polar surface area (TPSA) is 44.8 Å². The molecule has 0 fully saturated rings. The maximum atomic E-state index is 13.0. The highest BCUT2D eigenvalue weighted by Crippen LogP contribution is 2.33. The van der Waals surface area contributed by atoms with Crippen molar-refractivity contribution in [1.82, 2.24) is 0 Å². The standard InChI is InChI=1S/C31H44O4Si/c1-23-13-16-26(20-27(23)22-34-21-25-14-17-28(33-6)18-15-25)29(12-10-11-19-36(7,8)9)24(2)30(32)35-31(3,4)5/h13-18,20,24,29H,10,12,21-22H2,1-9H3. The molecule has 4 nitrogen and oxygen atoms in total. The number of methoxy groups -OCH3 is 1. The van der Waals surface area contributed by atoms with Gasteiger partial charge in [-0.25, -0.2) is 0 Å². The number of benzene rings is 2. The minimum atomic E-state index is -1.43. The van der Waals surface area contributed by atoms with Gasteiger partial charge in [-0.2, -0.15) is 0 Å². The molecular weight excluding hydrogens is 464 g/mol. The molecule has 2 aromatic rings. The third kappa shape index (κ3) is 10.2. The van der Waals surface area contributed by atoms with Crippen LogP contribution in [0.4, 0.5) is 0 Å². The Hall–Kier alpha value is -2.55. The Morgan fingerprint density at radius 2 is 1.69 bits per heavy atom. The van der Waals surface area contributed by atoms with Gasteiger partial charge in [-0.15, -0.1) is 11.5 Å². The maximum Gasteiger partial charge on any atom is 0.309 e. The molecule has 0 amide bonds. The number of hydrogen-bond acceptors (Lipinski definition) is 4. The predicted molar refractivity (Wildman–Crippen MR) is 151 cm³/mol. The fourth-order valence-corrected chi connectivity index (χ4v) is 4.55. The summed E-state index contributed by atoms with van der Waals surface area (Å²) in [5.74, 6) is 3.81. The molecule has 0 N–H and O–H groups in total. The normalized spacial score (nSPS) is 13.4. The number of carbonyl (C=O) groups is 1. The van der Waals surface area contributed by atoms with Crippen LogP contribution in [0.25, 0.3) is 0 Å². The first kappa shape index (κ1) is 29.7. The van der Waals surface area contributed by atoms with Crippen LogP contribution in [0, 0.1) is 24.3 Å². The molecule has 0 aromatic heterocycles. The number of carbonyl (C=O) groups excluding carboxylic acids is 1. The summed E-state index contributed by atoms with van der Waals surface area (Å²) < 4.78 is 17.0. The van der Waals surface area contributed by atoms with Crippen molar-refractivity contribution in [3.8, 4) is 17.2 Å². The van der Waals surface area contributed by atoms with Gasteiger partial charge in [0.15, 0.2) is 0 Å². The zero-order chi connectivity index (χ0) is 26.9. The molecular formula is C31H44O4Si. The van der Waals surface area contributed by atoms with E-state index in [-0.39, 0.29) is 17.8 Å². The first-order valence-corrected chi connectivity index (χ1v) is 16.3. The summed E-state index contributed by atoms with van der Waals surface area (Å²) in [5.41, 5.74) is 7.48. The van der Waals surface area contributed by atoms with Gasteiger partial charge < -0.3 is 14.2 Å². The monoisotopic (exact) mass is 508 g/mol. The summed E-state index contributed by atoms with van der Waals surface area (Å²) in [6.07, 6.45) is 1.58. The second-order valence-electron chi connectivity index (χ2n) is 11.5. The molecule has 2 rings (SSSR count). The molecule has 0 aliphatic heterocycles. The molecule has 2 atom stereocenters. The summed E-state index contributed by atoms with van der Waals surface area (Å²) in [4.78, 5) is 13.0. The molecule has 0 aliphatic carbocycles. The molecule has 36 heavy (non-hydrogen) atoms. The van der Waals surface area contributed by atoms with Crippen LogP contribution in [0.2, 0.25) is 19.6 Å². The summed E-state index contributed by atoms with van der Waals surface area (Å²) in [5, 5.41) is 0. The van der Waals surface area contributed by atoms with Gasteiger partial charge in [0.05, 0.1) is 26.2 Å². The molecule has 0 aliphatic rings. The Balaban J connectivity index is 2.20. The fraction of sp³-hybridized carbons (Fsp3) is 0.516. The van der Waals surface area contributed by atoms with E-state index in [0.717, 1.165) is 35.3 Å². The van der Waals surface area contributed by atoms with Crippen LogP contribution in [0.15, 0.2) is 42.5 Å². The van der Waals surface area contributed by atoms with Crippen molar-refractivity contribution >= 4 is 14.0 Å². The van der Waals surface area contributed by atoms with E-state index in [0.29, 0.717) is 13.2 Å². The van der Waals surface area contributed by atoms with Crippen molar-refractivity contribution in [2.24, 2.45) is 5.92 Å². The zero-order valence-electron chi connectivity index (χ0n) is 23.7. The second-order valence-corrected chi connectivity index (χ2v) is 16.3. The Kier molecular flexibility index (Phi) is 10.8. The van der Waals surface area contributed by atoms with Crippen molar-refractivity contribution in [3.63, 3.8) is 0 Å². The third-order valence-corrected chi connectivity index (χ3v) is 6.84. The van der Waals surface area contributed by atoms with Gasteiger partial charge in [0, 0.05) is 6.42 Å². The van der Waals surface area contributed by atoms with Crippen molar-refractivity contribution < 1.29 is 19.0 Å². The van der Waals surface area contributed by atoms with Crippen molar-refractivity contribution in [2.75, 3.05) is 7.11 Å². The quantitative estimate of drug-likeness (QED) is 0.190. The van der Waals surface area contributed by atoms with Gasteiger partial charge in [0.25, 0.3) is 0 Å². The van der Waals surface area contributed by atoms with Crippen molar-refractivity contribution in [2.45, 2.75) is 91.8 Å². The van der Waals surface area contributed by atoms with Gasteiger partial charge in [0.1, 0.15) is 19.4 Å². The number of aryl methyl sites for hydroxylation is 1. The fourth-order valence-electron chi connectivity index (χ4n) is 3.90.